The highest BCUT2D eigenvalue weighted by atomic mass is 32.2. The van der Waals surface area contributed by atoms with E-state index in [4.69, 9.17) is 5.73 Å². The predicted molar refractivity (Wildman–Crippen MR) is 105 cm³/mol. The Labute approximate surface area is 156 Å². The second-order valence-corrected chi connectivity index (χ2v) is 7.92. The SMILES string of the molecule is Nc1ccc(Nc2ccc(S(=O)(=O)Cc3ccccc3)cc2[N+](=O)[O-])cc1. The smallest absolute Gasteiger partial charge is 0.293 e. The van der Waals surface area contributed by atoms with Crippen LogP contribution in [-0.4, -0.2) is 13.3 Å². The van der Waals surface area contributed by atoms with Gasteiger partial charge in [0, 0.05) is 17.4 Å². The summed E-state index contributed by atoms with van der Waals surface area (Å²) >= 11 is 0. The Hall–Kier alpha value is -3.39. The van der Waals surface area contributed by atoms with Crippen molar-refractivity contribution in [3.05, 3.63) is 88.5 Å². The van der Waals surface area contributed by atoms with Gasteiger partial charge in [0.1, 0.15) is 5.69 Å². The van der Waals surface area contributed by atoms with Crippen LogP contribution in [0.5, 0.6) is 0 Å². The van der Waals surface area contributed by atoms with E-state index >= 15 is 0 Å². The minimum atomic E-state index is -3.71. The number of benzene rings is 3. The fraction of sp³-hybridized carbons (Fsp3) is 0.0526. The van der Waals surface area contributed by atoms with Crippen LogP contribution >= 0.6 is 0 Å². The Bertz CT molecular complexity index is 1070. The Balaban J connectivity index is 1.93. The number of sulfone groups is 1. The Kier molecular flexibility index (Phi) is 5.09. The first-order chi connectivity index (χ1) is 12.8. The molecule has 138 valence electrons. The maximum Gasteiger partial charge on any atom is 0.293 e. The second-order valence-electron chi connectivity index (χ2n) is 5.93. The van der Waals surface area contributed by atoms with Gasteiger partial charge in [0.2, 0.25) is 0 Å². The Morgan fingerprint density at radius 1 is 0.963 bits per heavy atom. The van der Waals surface area contributed by atoms with Gasteiger partial charge in [-0.25, -0.2) is 8.42 Å². The van der Waals surface area contributed by atoms with Gasteiger partial charge >= 0.3 is 0 Å². The molecule has 0 bridgehead atoms. The zero-order valence-corrected chi connectivity index (χ0v) is 15.0. The summed E-state index contributed by atoms with van der Waals surface area (Å²) in [5.41, 5.74) is 7.29. The summed E-state index contributed by atoms with van der Waals surface area (Å²) in [6, 6.07) is 19.2. The third-order valence-corrected chi connectivity index (χ3v) is 5.60. The largest absolute Gasteiger partial charge is 0.399 e. The van der Waals surface area contributed by atoms with Crippen molar-refractivity contribution in [2.45, 2.75) is 10.6 Å². The second kappa shape index (κ2) is 7.46. The van der Waals surface area contributed by atoms with Crippen molar-refractivity contribution < 1.29 is 13.3 Å². The van der Waals surface area contributed by atoms with Crippen LogP contribution in [0.1, 0.15) is 5.56 Å². The van der Waals surface area contributed by atoms with Crippen LogP contribution in [0.25, 0.3) is 0 Å². The summed E-state index contributed by atoms with van der Waals surface area (Å²) in [5.74, 6) is -0.226. The molecule has 0 heterocycles. The molecule has 0 saturated carbocycles. The zero-order valence-electron chi connectivity index (χ0n) is 14.2. The van der Waals surface area contributed by atoms with Crippen molar-refractivity contribution in [2.75, 3.05) is 11.1 Å². The zero-order chi connectivity index (χ0) is 19.4. The van der Waals surface area contributed by atoms with Crippen LogP contribution < -0.4 is 11.1 Å². The first-order valence-corrected chi connectivity index (χ1v) is 9.68. The molecular formula is C19H17N3O4S. The van der Waals surface area contributed by atoms with Crippen LogP contribution in [0, 0.1) is 10.1 Å². The molecule has 0 fully saturated rings. The van der Waals surface area contributed by atoms with Gasteiger partial charge in [-0.15, -0.1) is 0 Å². The first-order valence-electron chi connectivity index (χ1n) is 8.03. The number of rotatable bonds is 6. The van der Waals surface area contributed by atoms with Gasteiger partial charge in [-0.2, -0.15) is 0 Å². The number of hydrogen-bond acceptors (Lipinski definition) is 6. The van der Waals surface area contributed by atoms with Gasteiger partial charge in [0.15, 0.2) is 9.84 Å². The normalized spacial score (nSPS) is 11.1. The fourth-order valence-corrected chi connectivity index (χ4v) is 3.93. The molecular weight excluding hydrogens is 366 g/mol. The van der Waals surface area contributed by atoms with Crippen molar-refractivity contribution in [3.63, 3.8) is 0 Å². The number of anilines is 3. The number of nitro groups is 1. The molecule has 0 aromatic heterocycles. The van der Waals surface area contributed by atoms with Crippen LogP contribution in [0.3, 0.4) is 0 Å². The van der Waals surface area contributed by atoms with Crippen LogP contribution in [0.2, 0.25) is 0 Å². The molecule has 3 aromatic rings. The first kappa shape index (κ1) is 18.4. The summed E-state index contributed by atoms with van der Waals surface area (Å²) < 4.78 is 25.3. The van der Waals surface area contributed by atoms with E-state index in [-0.39, 0.29) is 22.0 Å². The van der Waals surface area contributed by atoms with E-state index in [1.807, 2.05) is 0 Å². The van der Waals surface area contributed by atoms with E-state index in [0.717, 1.165) is 6.07 Å². The third kappa shape index (κ3) is 4.42. The highest BCUT2D eigenvalue weighted by Gasteiger charge is 2.22. The molecule has 0 saturated heterocycles. The van der Waals surface area contributed by atoms with Gasteiger partial charge in [-0.1, -0.05) is 30.3 Å². The Morgan fingerprint density at radius 3 is 2.26 bits per heavy atom. The minimum Gasteiger partial charge on any atom is -0.399 e. The van der Waals surface area contributed by atoms with Gasteiger partial charge < -0.3 is 11.1 Å². The molecule has 0 aliphatic carbocycles. The molecule has 27 heavy (non-hydrogen) atoms. The molecule has 0 radical (unpaired) electrons. The van der Waals surface area contributed by atoms with Crippen LogP contribution in [-0.2, 0) is 15.6 Å². The monoisotopic (exact) mass is 383 g/mol. The average molecular weight is 383 g/mol. The van der Waals surface area contributed by atoms with E-state index in [9.17, 15) is 18.5 Å². The lowest BCUT2D eigenvalue weighted by Crippen LogP contribution is -2.06. The van der Waals surface area contributed by atoms with E-state index < -0.39 is 14.8 Å². The molecule has 0 aliphatic rings. The van der Waals surface area contributed by atoms with E-state index in [0.29, 0.717) is 16.9 Å². The van der Waals surface area contributed by atoms with Crippen molar-refractivity contribution in [3.8, 4) is 0 Å². The van der Waals surface area contributed by atoms with Crippen LogP contribution in [0.4, 0.5) is 22.7 Å². The summed E-state index contributed by atoms with van der Waals surface area (Å²) in [4.78, 5) is 10.7. The number of nitro benzene ring substituents is 1. The molecule has 0 spiro atoms. The number of nitrogens with two attached hydrogens (primary N) is 1. The molecule has 3 rings (SSSR count). The van der Waals surface area contributed by atoms with Crippen molar-refractivity contribution in [2.24, 2.45) is 0 Å². The van der Waals surface area contributed by atoms with Crippen molar-refractivity contribution >= 4 is 32.6 Å². The highest BCUT2D eigenvalue weighted by Crippen LogP contribution is 2.31. The number of nitrogens with zero attached hydrogens (tertiary/aromatic N) is 1. The highest BCUT2D eigenvalue weighted by molar-refractivity contribution is 7.90. The quantitative estimate of drug-likeness (QED) is 0.379. The predicted octanol–water partition coefficient (Wildman–Crippen LogP) is 3.89. The standard InChI is InChI=1S/C19H17N3O4S/c20-15-6-8-16(9-7-15)21-18-11-10-17(12-19(18)22(23)24)27(25,26)13-14-4-2-1-3-5-14/h1-12,21H,13,20H2. The lowest BCUT2D eigenvalue weighted by Gasteiger charge is -2.10. The summed E-state index contributed by atoms with van der Waals surface area (Å²) in [5, 5.41) is 14.4. The molecule has 0 aliphatic heterocycles. The van der Waals surface area contributed by atoms with Crippen molar-refractivity contribution in [1.82, 2.24) is 0 Å². The van der Waals surface area contributed by atoms with Crippen molar-refractivity contribution in [1.29, 1.82) is 0 Å². The average Bonchev–Trinajstić information content (AvgIpc) is 2.64. The number of hydrogen-bond donors (Lipinski definition) is 2. The lowest BCUT2D eigenvalue weighted by atomic mass is 10.2. The Morgan fingerprint density at radius 2 is 1.63 bits per heavy atom. The van der Waals surface area contributed by atoms with E-state index in [1.165, 1.54) is 12.1 Å². The topological polar surface area (TPSA) is 115 Å². The molecule has 3 N–H and O–H groups in total. The fourth-order valence-electron chi connectivity index (χ4n) is 2.56. The number of nitrogen functional groups attached to an aromatic ring is 1. The van der Waals surface area contributed by atoms with Gasteiger partial charge in [-0.3, -0.25) is 10.1 Å². The molecule has 8 heteroatoms. The van der Waals surface area contributed by atoms with E-state index in [2.05, 4.69) is 5.32 Å². The molecule has 0 atom stereocenters. The van der Waals surface area contributed by atoms with Gasteiger partial charge in [0.05, 0.1) is 15.6 Å². The molecule has 7 nitrogen and oxygen atoms in total. The maximum atomic E-state index is 12.6. The van der Waals surface area contributed by atoms with Crippen LogP contribution in [0.15, 0.2) is 77.7 Å². The third-order valence-electron chi connectivity index (χ3n) is 3.91. The van der Waals surface area contributed by atoms with Gasteiger partial charge in [0.25, 0.3) is 5.69 Å². The minimum absolute atomic E-state index is 0.0964. The van der Waals surface area contributed by atoms with Gasteiger partial charge in [-0.05, 0) is 42.0 Å². The molecule has 0 unspecified atom stereocenters. The number of nitrogens with one attached hydrogen (secondary N) is 1. The summed E-state index contributed by atoms with van der Waals surface area (Å²) in [6.07, 6.45) is 0. The summed E-state index contributed by atoms with van der Waals surface area (Å²) in [6.45, 7) is 0. The lowest BCUT2D eigenvalue weighted by molar-refractivity contribution is -0.384. The maximum absolute atomic E-state index is 12.6. The molecule has 0 amide bonds. The summed E-state index contributed by atoms with van der Waals surface area (Å²) in [7, 11) is -3.71. The molecule has 3 aromatic carbocycles. The van der Waals surface area contributed by atoms with E-state index in [1.54, 1.807) is 54.6 Å².